The third kappa shape index (κ3) is 2.39. The van der Waals surface area contributed by atoms with E-state index >= 15 is 0 Å². The summed E-state index contributed by atoms with van der Waals surface area (Å²) in [5.41, 5.74) is 7.11. The lowest BCUT2D eigenvalue weighted by Crippen LogP contribution is -2.39. The first-order valence-corrected chi connectivity index (χ1v) is 6.52. The highest BCUT2D eigenvalue weighted by Crippen LogP contribution is 2.34. The standard InChI is InChI=1S/C15H14ClNO2/c16-11-6-2-1-5-10(11)15(17)14-9-18-12-7-3-4-8-13(12)19-14/h1-8,14-15H,9,17H2. The summed E-state index contributed by atoms with van der Waals surface area (Å²) < 4.78 is 11.6. The van der Waals surface area contributed by atoms with Crippen LogP contribution in [0, 0.1) is 0 Å². The van der Waals surface area contributed by atoms with Gasteiger partial charge in [0.1, 0.15) is 6.61 Å². The average molecular weight is 276 g/mol. The maximum Gasteiger partial charge on any atom is 0.161 e. The van der Waals surface area contributed by atoms with Crippen molar-refractivity contribution in [1.82, 2.24) is 0 Å². The molecule has 0 saturated heterocycles. The monoisotopic (exact) mass is 275 g/mol. The molecule has 2 aromatic carbocycles. The van der Waals surface area contributed by atoms with Crippen LogP contribution in [0.4, 0.5) is 0 Å². The van der Waals surface area contributed by atoms with Gasteiger partial charge in [0.25, 0.3) is 0 Å². The molecule has 0 amide bonds. The quantitative estimate of drug-likeness (QED) is 0.915. The minimum Gasteiger partial charge on any atom is -0.486 e. The largest absolute Gasteiger partial charge is 0.486 e. The normalized spacial score (nSPS) is 18.9. The van der Waals surface area contributed by atoms with E-state index in [1.54, 1.807) is 0 Å². The van der Waals surface area contributed by atoms with Crippen LogP contribution >= 0.6 is 11.6 Å². The van der Waals surface area contributed by atoms with Crippen molar-refractivity contribution >= 4 is 11.6 Å². The van der Waals surface area contributed by atoms with Crippen molar-refractivity contribution in [3.63, 3.8) is 0 Å². The fraction of sp³-hybridized carbons (Fsp3) is 0.200. The summed E-state index contributed by atoms with van der Waals surface area (Å²) in [6.45, 7) is 0.420. The number of hydrogen-bond donors (Lipinski definition) is 1. The Labute approximate surface area is 116 Å². The Morgan fingerprint density at radius 2 is 1.74 bits per heavy atom. The van der Waals surface area contributed by atoms with Crippen LogP contribution in [0.25, 0.3) is 0 Å². The number of para-hydroxylation sites is 2. The van der Waals surface area contributed by atoms with Gasteiger partial charge in [0.15, 0.2) is 17.6 Å². The van der Waals surface area contributed by atoms with Gasteiger partial charge in [-0.25, -0.2) is 0 Å². The van der Waals surface area contributed by atoms with Crippen molar-refractivity contribution in [3.8, 4) is 11.5 Å². The first-order valence-electron chi connectivity index (χ1n) is 6.14. The van der Waals surface area contributed by atoms with E-state index in [2.05, 4.69) is 0 Å². The molecule has 1 aliphatic rings. The van der Waals surface area contributed by atoms with Crippen molar-refractivity contribution in [2.24, 2.45) is 5.73 Å². The molecule has 0 aromatic heterocycles. The zero-order valence-corrected chi connectivity index (χ0v) is 11.0. The minimum atomic E-state index is -0.318. The Hall–Kier alpha value is -1.71. The Kier molecular flexibility index (Phi) is 3.32. The Morgan fingerprint density at radius 1 is 1.05 bits per heavy atom. The number of fused-ring (bicyclic) bond motifs is 1. The van der Waals surface area contributed by atoms with E-state index in [1.807, 2.05) is 48.5 Å². The highest BCUT2D eigenvalue weighted by molar-refractivity contribution is 6.31. The summed E-state index contributed by atoms with van der Waals surface area (Å²) in [6.07, 6.45) is -0.241. The molecule has 98 valence electrons. The average Bonchev–Trinajstić information content (AvgIpc) is 2.46. The molecule has 2 unspecified atom stereocenters. The van der Waals surface area contributed by atoms with E-state index in [0.717, 1.165) is 17.1 Å². The lowest BCUT2D eigenvalue weighted by molar-refractivity contribution is 0.0721. The fourth-order valence-electron chi connectivity index (χ4n) is 2.16. The number of hydrogen-bond acceptors (Lipinski definition) is 3. The second-order valence-electron chi connectivity index (χ2n) is 4.46. The van der Waals surface area contributed by atoms with Gasteiger partial charge >= 0.3 is 0 Å². The van der Waals surface area contributed by atoms with Crippen molar-refractivity contribution < 1.29 is 9.47 Å². The highest BCUT2D eigenvalue weighted by Gasteiger charge is 2.28. The Morgan fingerprint density at radius 3 is 2.53 bits per heavy atom. The van der Waals surface area contributed by atoms with Gasteiger partial charge in [-0.2, -0.15) is 0 Å². The molecule has 0 spiro atoms. The molecule has 2 aromatic rings. The maximum absolute atomic E-state index is 6.24. The van der Waals surface area contributed by atoms with Gasteiger partial charge in [0.2, 0.25) is 0 Å². The van der Waals surface area contributed by atoms with Crippen molar-refractivity contribution in [2.75, 3.05) is 6.61 Å². The lowest BCUT2D eigenvalue weighted by Gasteiger charge is -2.30. The predicted molar refractivity (Wildman–Crippen MR) is 74.7 cm³/mol. The van der Waals surface area contributed by atoms with Gasteiger partial charge in [-0.3, -0.25) is 0 Å². The molecule has 1 aliphatic heterocycles. The molecule has 1 heterocycles. The van der Waals surface area contributed by atoms with Crippen LogP contribution in [-0.2, 0) is 0 Å². The number of rotatable bonds is 2. The molecule has 4 heteroatoms. The van der Waals surface area contributed by atoms with E-state index < -0.39 is 0 Å². The summed E-state index contributed by atoms with van der Waals surface area (Å²) in [4.78, 5) is 0. The molecule has 19 heavy (non-hydrogen) atoms. The maximum atomic E-state index is 6.24. The number of ether oxygens (including phenoxy) is 2. The van der Waals surface area contributed by atoms with Gasteiger partial charge in [-0.05, 0) is 23.8 Å². The van der Waals surface area contributed by atoms with E-state index in [1.165, 1.54) is 0 Å². The van der Waals surface area contributed by atoms with Crippen molar-refractivity contribution in [2.45, 2.75) is 12.1 Å². The molecule has 2 N–H and O–H groups in total. The van der Waals surface area contributed by atoms with Gasteiger partial charge in [-0.1, -0.05) is 41.9 Å². The van der Waals surface area contributed by atoms with Crippen molar-refractivity contribution in [3.05, 3.63) is 59.1 Å². The van der Waals surface area contributed by atoms with Crippen LogP contribution in [0.2, 0.25) is 5.02 Å². The minimum absolute atomic E-state index is 0.241. The molecular formula is C15H14ClNO2. The highest BCUT2D eigenvalue weighted by atomic mass is 35.5. The number of benzene rings is 2. The third-order valence-electron chi connectivity index (χ3n) is 3.20. The third-order valence-corrected chi connectivity index (χ3v) is 3.54. The van der Waals surface area contributed by atoms with Gasteiger partial charge in [0.05, 0.1) is 6.04 Å². The zero-order valence-electron chi connectivity index (χ0n) is 10.3. The van der Waals surface area contributed by atoms with Crippen LogP contribution in [0.1, 0.15) is 11.6 Å². The van der Waals surface area contributed by atoms with Crippen LogP contribution in [-0.4, -0.2) is 12.7 Å². The van der Waals surface area contributed by atoms with Crippen LogP contribution in [0.15, 0.2) is 48.5 Å². The SMILES string of the molecule is NC(c1ccccc1Cl)C1COc2ccccc2O1. The summed E-state index contributed by atoms with van der Waals surface area (Å²) in [5.74, 6) is 1.48. The van der Waals surface area contributed by atoms with Crippen LogP contribution in [0.5, 0.6) is 11.5 Å². The lowest BCUT2D eigenvalue weighted by atomic mass is 10.0. The molecule has 0 saturated carbocycles. The Bertz CT molecular complexity index is 588. The van der Waals surface area contributed by atoms with E-state index in [0.29, 0.717) is 11.6 Å². The van der Waals surface area contributed by atoms with Gasteiger partial charge in [-0.15, -0.1) is 0 Å². The fourth-order valence-corrected chi connectivity index (χ4v) is 2.42. The molecule has 0 radical (unpaired) electrons. The number of nitrogens with two attached hydrogens (primary N) is 1. The van der Waals surface area contributed by atoms with E-state index in [-0.39, 0.29) is 12.1 Å². The topological polar surface area (TPSA) is 44.5 Å². The van der Waals surface area contributed by atoms with E-state index in [4.69, 9.17) is 26.8 Å². The Balaban J connectivity index is 1.83. The van der Waals surface area contributed by atoms with Crippen LogP contribution in [0.3, 0.4) is 0 Å². The molecule has 3 nitrogen and oxygen atoms in total. The second kappa shape index (κ2) is 5.11. The molecule has 0 fully saturated rings. The summed E-state index contributed by atoms with van der Waals surface area (Å²) >= 11 is 6.16. The summed E-state index contributed by atoms with van der Waals surface area (Å²) in [6, 6.07) is 14.8. The van der Waals surface area contributed by atoms with E-state index in [9.17, 15) is 0 Å². The molecule has 0 bridgehead atoms. The molecule has 3 rings (SSSR count). The van der Waals surface area contributed by atoms with Gasteiger partial charge < -0.3 is 15.2 Å². The zero-order chi connectivity index (χ0) is 13.2. The molecule has 2 atom stereocenters. The first-order chi connectivity index (χ1) is 9.25. The first kappa shape index (κ1) is 12.3. The van der Waals surface area contributed by atoms with Crippen molar-refractivity contribution in [1.29, 1.82) is 0 Å². The summed E-state index contributed by atoms with van der Waals surface area (Å²) in [5, 5.41) is 0.650. The number of halogens is 1. The second-order valence-corrected chi connectivity index (χ2v) is 4.87. The van der Waals surface area contributed by atoms with Gasteiger partial charge in [0, 0.05) is 5.02 Å². The summed E-state index contributed by atoms with van der Waals surface area (Å²) in [7, 11) is 0. The van der Waals surface area contributed by atoms with Crippen LogP contribution < -0.4 is 15.2 Å². The predicted octanol–water partition coefficient (Wildman–Crippen LogP) is 3.18. The smallest absolute Gasteiger partial charge is 0.161 e. The molecule has 0 aliphatic carbocycles. The molecular weight excluding hydrogens is 262 g/mol.